The lowest BCUT2D eigenvalue weighted by molar-refractivity contribution is -0.191. The Morgan fingerprint density at radius 2 is 1.81 bits per heavy atom. The summed E-state index contributed by atoms with van der Waals surface area (Å²) >= 11 is 1.46. The maximum atomic E-state index is 14.3. The van der Waals surface area contributed by atoms with Gasteiger partial charge < -0.3 is 25.0 Å². The number of benzene rings is 1. The Labute approximate surface area is 246 Å². The van der Waals surface area contributed by atoms with E-state index in [1.54, 1.807) is 13.3 Å². The minimum atomic E-state index is -4.71. The third-order valence-electron chi connectivity index (χ3n) is 7.54. The highest BCUT2D eigenvalue weighted by Gasteiger charge is 2.46. The van der Waals surface area contributed by atoms with Crippen LogP contribution in [0.4, 0.5) is 24.5 Å². The molecule has 3 aromatic rings. The summed E-state index contributed by atoms with van der Waals surface area (Å²) in [6, 6.07) is 3.63. The molecule has 1 aromatic carbocycles. The third kappa shape index (κ3) is 6.68. The lowest BCUT2D eigenvalue weighted by Crippen LogP contribution is -2.50. The maximum Gasteiger partial charge on any atom is 0.413 e. The van der Waals surface area contributed by atoms with Gasteiger partial charge in [0.2, 0.25) is 5.91 Å². The number of fused-ring (bicyclic) bond motifs is 1. The average Bonchev–Trinajstić information content (AvgIpc) is 3.31. The van der Waals surface area contributed by atoms with Crippen molar-refractivity contribution in [1.29, 1.82) is 0 Å². The van der Waals surface area contributed by atoms with E-state index in [1.165, 1.54) is 54.3 Å². The van der Waals surface area contributed by atoms with E-state index in [4.69, 9.17) is 4.74 Å². The summed E-state index contributed by atoms with van der Waals surface area (Å²) in [5.41, 5.74) is 1.04. The number of methoxy groups -OCH3 is 1. The smallest absolute Gasteiger partial charge is 0.381 e. The second-order valence-corrected chi connectivity index (χ2v) is 12.3. The number of nitrogens with one attached hydrogen (secondary N) is 1. The number of anilines is 2. The number of hydrogen-bond acceptors (Lipinski definition) is 8. The Morgan fingerprint density at radius 3 is 2.36 bits per heavy atom. The van der Waals surface area contributed by atoms with Gasteiger partial charge in [-0.3, -0.25) is 9.59 Å². The van der Waals surface area contributed by atoms with Crippen molar-refractivity contribution < 1.29 is 32.6 Å². The molecule has 9 nitrogen and oxygen atoms in total. The number of likely N-dealkylation sites (tertiary alicyclic amines) is 1. The molecule has 0 unspecified atom stereocenters. The number of nitrogens with zero attached hydrogens (tertiary/aromatic N) is 4. The maximum absolute atomic E-state index is 14.3. The van der Waals surface area contributed by atoms with Gasteiger partial charge in [0, 0.05) is 44.4 Å². The van der Waals surface area contributed by atoms with Gasteiger partial charge in [-0.05, 0) is 58.2 Å². The van der Waals surface area contributed by atoms with Gasteiger partial charge in [-0.1, -0.05) is 23.5 Å². The van der Waals surface area contributed by atoms with Crippen molar-refractivity contribution in [1.82, 2.24) is 19.8 Å². The molecular formula is C29H36F3N5O4S. The Balaban J connectivity index is 1.52. The molecule has 0 aliphatic carbocycles. The fraction of sp³-hybridized carbons (Fsp3) is 0.517. The van der Waals surface area contributed by atoms with Crippen LogP contribution in [0.15, 0.2) is 30.5 Å². The molecule has 4 rings (SSSR count). The zero-order valence-electron chi connectivity index (χ0n) is 24.5. The van der Waals surface area contributed by atoms with Gasteiger partial charge >= 0.3 is 6.18 Å². The van der Waals surface area contributed by atoms with E-state index >= 15 is 0 Å². The first-order valence-corrected chi connectivity index (χ1v) is 14.4. The lowest BCUT2D eigenvalue weighted by Gasteiger charge is -2.38. The molecular weight excluding hydrogens is 571 g/mol. The summed E-state index contributed by atoms with van der Waals surface area (Å²) in [5.74, 6) is -1.76. The van der Waals surface area contributed by atoms with Crippen LogP contribution in [0.25, 0.3) is 10.3 Å². The van der Waals surface area contributed by atoms with Gasteiger partial charge in [-0.2, -0.15) is 13.2 Å². The zero-order valence-corrected chi connectivity index (χ0v) is 25.3. The zero-order chi connectivity index (χ0) is 31.0. The molecule has 0 radical (unpaired) electrons. The largest absolute Gasteiger partial charge is 0.413 e. The molecule has 2 N–H and O–H groups in total. The number of aromatic nitrogens is 2. The molecule has 13 heteroatoms. The van der Waals surface area contributed by atoms with Crippen LogP contribution in [0.5, 0.6) is 0 Å². The van der Waals surface area contributed by atoms with E-state index in [0.29, 0.717) is 16.9 Å². The summed E-state index contributed by atoms with van der Waals surface area (Å²) in [6.45, 7) is 6.91. The Bertz CT molecular complexity index is 1430. The summed E-state index contributed by atoms with van der Waals surface area (Å²) in [7, 11) is 2.75. The summed E-state index contributed by atoms with van der Waals surface area (Å²) in [6.07, 6.45) is -2.93. The Kier molecular flexibility index (Phi) is 9.14. The van der Waals surface area contributed by atoms with E-state index in [2.05, 4.69) is 15.3 Å². The molecule has 1 saturated heterocycles. The number of carbonyl (C=O) groups is 2. The van der Waals surface area contributed by atoms with Gasteiger partial charge in [-0.15, -0.1) is 0 Å². The van der Waals surface area contributed by atoms with E-state index in [-0.39, 0.29) is 37.6 Å². The van der Waals surface area contributed by atoms with Crippen molar-refractivity contribution in [2.75, 3.05) is 32.6 Å². The average molecular weight is 608 g/mol. The molecule has 0 saturated carbocycles. The lowest BCUT2D eigenvalue weighted by atomic mass is 9.93. The number of ether oxygens (including phenoxy) is 1. The molecule has 0 bridgehead atoms. The number of pyridine rings is 1. The number of piperidine rings is 1. The van der Waals surface area contributed by atoms with Crippen LogP contribution in [0.3, 0.4) is 0 Å². The van der Waals surface area contributed by atoms with Crippen LogP contribution in [0.2, 0.25) is 0 Å². The van der Waals surface area contributed by atoms with E-state index in [0.717, 1.165) is 27.3 Å². The van der Waals surface area contributed by atoms with Crippen LogP contribution in [0, 0.1) is 12.8 Å². The SMILES string of the molecule is CO[C@@H](C)c1c(Nc2ccc([C@H](N(C)C(=O)C3CCN(C(=O)C(C)(C)O)CC3)C(F)(F)F)cc2)cnc2sc(C)nc12. The molecule has 2 atom stereocenters. The number of amides is 2. The number of hydrogen-bond donors (Lipinski definition) is 2. The van der Waals surface area contributed by atoms with Crippen LogP contribution in [0.1, 0.15) is 61.9 Å². The van der Waals surface area contributed by atoms with Crippen molar-refractivity contribution in [3.05, 3.63) is 46.6 Å². The van der Waals surface area contributed by atoms with Gasteiger partial charge in [0.25, 0.3) is 5.91 Å². The standard InChI is InChI=1S/C29H36F3N5O4S/c1-16(41-6)22-21(15-33-25-23(22)34-17(2)42-25)35-20-9-7-18(8-10-20)24(29(30,31)32)36(5)26(38)19-11-13-37(14-12-19)27(39)28(3,4)40/h7-10,15-16,19,24,35,40H,11-14H2,1-6H3/t16-,24-/m0/s1. The van der Waals surface area contributed by atoms with E-state index in [1.807, 2.05) is 13.8 Å². The molecule has 2 amide bonds. The quantitative estimate of drug-likeness (QED) is 0.347. The normalized spacial score (nSPS) is 16.4. The molecule has 1 fully saturated rings. The minimum absolute atomic E-state index is 0.0762. The molecule has 3 heterocycles. The van der Waals surface area contributed by atoms with Crippen molar-refractivity contribution in [3.8, 4) is 0 Å². The predicted octanol–water partition coefficient (Wildman–Crippen LogP) is 5.52. The van der Waals surface area contributed by atoms with Crippen molar-refractivity contribution >= 4 is 44.9 Å². The number of halogens is 3. The fourth-order valence-corrected chi connectivity index (χ4v) is 6.07. The highest BCUT2D eigenvalue weighted by Crippen LogP contribution is 2.40. The van der Waals surface area contributed by atoms with Crippen molar-refractivity contribution in [2.24, 2.45) is 5.92 Å². The molecule has 42 heavy (non-hydrogen) atoms. The fourth-order valence-electron chi connectivity index (χ4n) is 5.30. The molecule has 2 aromatic heterocycles. The topological polar surface area (TPSA) is 108 Å². The summed E-state index contributed by atoms with van der Waals surface area (Å²) < 4.78 is 48.6. The van der Waals surface area contributed by atoms with E-state index in [9.17, 15) is 27.9 Å². The van der Waals surface area contributed by atoms with Crippen molar-refractivity contribution in [2.45, 2.75) is 64.5 Å². The van der Waals surface area contributed by atoms with Gasteiger partial charge in [0.15, 0.2) is 6.04 Å². The van der Waals surface area contributed by atoms with Crippen LogP contribution < -0.4 is 5.32 Å². The Morgan fingerprint density at radius 1 is 1.19 bits per heavy atom. The second kappa shape index (κ2) is 12.1. The van der Waals surface area contributed by atoms with Gasteiger partial charge in [0.05, 0.1) is 23.0 Å². The summed E-state index contributed by atoms with van der Waals surface area (Å²) in [5, 5.41) is 14.1. The van der Waals surface area contributed by atoms with Crippen LogP contribution >= 0.6 is 11.3 Å². The first kappa shape index (κ1) is 31.6. The number of alkyl halides is 3. The van der Waals surface area contributed by atoms with Crippen LogP contribution in [-0.4, -0.2) is 75.7 Å². The number of aliphatic hydroxyl groups is 1. The number of thiazole rings is 1. The third-order valence-corrected chi connectivity index (χ3v) is 8.42. The highest BCUT2D eigenvalue weighted by atomic mass is 32.1. The predicted molar refractivity (Wildman–Crippen MR) is 154 cm³/mol. The van der Waals surface area contributed by atoms with Gasteiger partial charge in [0.1, 0.15) is 15.9 Å². The molecule has 1 aliphatic rings. The van der Waals surface area contributed by atoms with Crippen molar-refractivity contribution in [3.63, 3.8) is 0 Å². The molecule has 228 valence electrons. The minimum Gasteiger partial charge on any atom is -0.381 e. The number of aryl methyl sites for hydroxylation is 1. The number of carbonyl (C=O) groups excluding carboxylic acids is 2. The van der Waals surface area contributed by atoms with E-state index < -0.39 is 35.6 Å². The monoisotopic (exact) mass is 607 g/mol. The first-order valence-electron chi connectivity index (χ1n) is 13.6. The molecule has 1 aliphatic heterocycles. The van der Waals surface area contributed by atoms with Crippen LogP contribution in [-0.2, 0) is 14.3 Å². The van der Waals surface area contributed by atoms with Gasteiger partial charge in [-0.25, -0.2) is 9.97 Å². The Hall–Kier alpha value is -3.29. The second-order valence-electron chi connectivity index (χ2n) is 11.1. The summed E-state index contributed by atoms with van der Waals surface area (Å²) in [4.78, 5) is 37.6. The number of rotatable bonds is 8. The first-order chi connectivity index (χ1) is 19.6. The highest BCUT2D eigenvalue weighted by molar-refractivity contribution is 7.18. The molecule has 0 spiro atoms.